The van der Waals surface area contributed by atoms with Crippen molar-refractivity contribution in [3.8, 4) is 50.7 Å². The van der Waals surface area contributed by atoms with Crippen LogP contribution in [0.4, 0.5) is 0 Å². The van der Waals surface area contributed by atoms with E-state index in [1.165, 1.54) is 11.1 Å². The van der Waals surface area contributed by atoms with E-state index >= 15 is 0 Å². The van der Waals surface area contributed by atoms with Crippen LogP contribution in [0.15, 0.2) is 144 Å². The van der Waals surface area contributed by atoms with Crippen molar-refractivity contribution in [2.75, 3.05) is 0 Å². The fourth-order valence-electron chi connectivity index (χ4n) is 6.98. The Bertz CT molecular complexity index is 2330. The summed E-state index contributed by atoms with van der Waals surface area (Å²) in [5.41, 5.74) is 12.5. The maximum Gasteiger partial charge on any atom is 0.161 e. The van der Waals surface area contributed by atoms with Crippen molar-refractivity contribution in [1.29, 1.82) is 0 Å². The van der Waals surface area contributed by atoms with Gasteiger partial charge in [-0.05, 0) is 61.4 Å². The molecule has 4 heteroatoms. The van der Waals surface area contributed by atoms with Crippen molar-refractivity contribution in [3.05, 3.63) is 151 Å². The molecule has 0 atom stereocenters. The van der Waals surface area contributed by atoms with Gasteiger partial charge in [0.05, 0.1) is 16.9 Å². The highest BCUT2D eigenvalue weighted by Gasteiger charge is 2.42. The SMILES string of the molecule is CC1(C)c2ccc(-c3cc(-c4ccccc4)nc(-c4ccccc4)n3)cc2-c2c1oc1c3ccccc3n(-c3ccccc3)c21. The van der Waals surface area contributed by atoms with Gasteiger partial charge < -0.3 is 8.98 Å². The van der Waals surface area contributed by atoms with E-state index in [4.69, 9.17) is 14.4 Å². The maximum atomic E-state index is 6.88. The number of fused-ring (bicyclic) bond motifs is 7. The number of aromatic nitrogens is 3. The second-order valence-electron chi connectivity index (χ2n) is 12.3. The highest BCUT2D eigenvalue weighted by atomic mass is 16.3. The topological polar surface area (TPSA) is 43.9 Å². The van der Waals surface area contributed by atoms with E-state index in [0.717, 1.165) is 67.1 Å². The first-order valence-electron chi connectivity index (χ1n) is 15.3. The zero-order valence-corrected chi connectivity index (χ0v) is 25.0. The summed E-state index contributed by atoms with van der Waals surface area (Å²) in [7, 11) is 0. The summed E-state index contributed by atoms with van der Waals surface area (Å²) in [6, 6.07) is 48.5. The molecule has 8 aromatic rings. The molecule has 214 valence electrons. The monoisotopic (exact) mass is 579 g/mol. The first kappa shape index (κ1) is 25.7. The van der Waals surface area contributed by atoms with Gasteiger partial charge in [-0.2, -0.15) is 0 Å². The van der Waals surface area contributed by atoms with Gasteiger partial charge in [-0.3, -0.25) is 0 Å². The standard InChI is InChI=1S/C41H29N3O/c1-41(2)32-23-22-28(34-25-33(26-14-6-3-7-15-26)42-40(43-34)27-16-8-4-9-17-27)24-31(32)36-37-38(45-39(36)41)30-20-12-13-21-35(30)44(37)29-18-10-5-11-19-29/h3-25H,1-2H3. The van der Waals surface area contributed by atoms with Crippen LogP contribution in [0.25, 0.3) is 72.7 Å². The molecule has 0 fully saturated rings. The number of hydrogen-bond acceptors (Lipinski definition) is 3. The Balaban J connectivity index is 1.31. The third-order valence-corrected chi connectivity index (χ3v) is 9.16. The highest BCUT2D eigenvalue weighted by Crippen LogP contribution is 2.55. The summed E-state index contributed by atoms with van der Waals surface area (Å²) in [6.45, 7) is 4.53. The zero-order valence-electron chi connectivity index (χ0n) is 25.0. The molecule has 0 N–H and O–H groups in total. The maximum absolute atomic E-state index is 6.88. The summed E-state index contributed by atoms with van der Waals surface area (Å²) in [4.78, 5) is 10.1. The Hall–Kier alpha value is -5.74. The molecule has 3 heterocycles. The average molecular weight is 580 g/mol. The quantitative estimate of drug-likeness (QED) is 0.208. The Morgan fingerprint density at radius 2 is 1.22 bits per heavy atom. The van der Waals surface area contributed by atoms with Gasteiger partial charge in [-0.15, -0.1) is 0 Å². The van der Waals surface area contributed by atoms with Crippen LogP contribution in [0.5, 0.6) is 0 Å². The molecule has 45 heavy (non-hydrogen) atoms. The molecule has 1 aliphatic carbocycles. The van der Waals surface area contributed by atoms with E-state index in [0.29, 0.717) is 5.82 Å². The predicted octanol–water partition coefficient (Wildman–Crippen LogP) is 10.5. The van der Waals surface area contributed by atoms with Crippen LogP contribution < -0.4 is 0 Å². The minimum atomic E-state index is -0.291. The first-order chi connectivity index (χ1) is 22.1. The molecule has 4 nitrogen and oxygen atoms in total. The van der Waals surface area contributed by atoms with Crippen LogP contribution in [0.3, 0.4) is 0 Å². The van der Waals surface area contributed by atoms with Crippen LogP contribution in [0, 0.1) is 0 Å². The lowest BCUT2D eigenvalue weighted by Crippen LogP contribution is -2.14. The van der Waals surface area contributed by atoms with E-state index in [1.54, 1.807) is 0 Å². The van der Waals surface area contributed by atoms with Crippen molar-refractivity contribution in [2.45, 2.75) is 19.3 Å². The number of nitrogens with zero attached hydrogens (tertiary/aromatic N) is 3. The molecular formula is C41H29N3O. The van der Waals surface area contributed by atoms with E-state index in [1.807, 2.05) is 36.4 Å². The number of hydrogen-bond donors (Lipinski definition) is 0. The van der Waals surface area contributed by atoms with Crippen molar-refractivity contribution in [1.82, 2.24) is 14.5 Å². The molecule has 0 amide bonds. The highest BCUT2D eigenvalue weighted by molar-refractivity contribution is 6.13. The molecule has 0 spiro atoms. The number of benzene rings is 5. The lowest BCUT2D eigenvalue weighted by atomic mass is 9.85. The lowest BCUT2D eigenvalue weighted by Gasteiger charge is -2.19. The van der Waals surface area contributed by atoms with Gasteiger partial charge in [0.25, 0.3) is 0 Å². The molecule has 0 radical (unpaired) electrons. The van der Waals surface area contributed by atoms with Gasteiger partial charge in [-0.1, -0.05) is 103 Å². The van der Waals surface area contributed by atoms with Gasteiger partial charge in [0.15, 0.2) is 11.4 Å². The molecule has 9 rings (SSSR count). The largest absolute Gasteiger partial charge is 0.457 e. The van der Waals surface area contributed by atoms with Crippen molar-refractivity contribution in [2.24, 2.45) is 0 Å². The zero-order chi connectivity index (χ0) is 30.1. The Kier molecular flexibility index (Phi) is 5.51. The van der Waals surface area contributed by atoms with Crippen molar-refractivity contribution >= 4 is 22.0 Å². The summed E-state index contributed by atoms with van der Waals surface area (Å²) in [5, 5.41) is 1.12. The van der Waals surface area contributed by atoms with Gasteiger partial charge >= 0.3 is 0 Å². The van der Waals surface area contributed by atoms with Crippen LogP contribution in [-0.4, -0.2) is 14.5 Å². The van der Waals surface area contributed by atoms with Crippen molar-refractivity contribution < 1.29 is 4.42 Å². The summed E-state index contributed by atoms with van der Waals surface area (Å²) in [6.07, 6.45) is 0. The normalized spacial score (nSPS) is 13.3. The Labute approximate surface area is 261 Å². The van der Waals surface area contributed by atoms with Crippen molar-refractivity contribution in [3.63, 3.8) is 0 Å². The fourth-order valence-corrected chi connectivity index (χ4v) is 6.98. The Morgan fingerprint density at radius 3 is 1.96 bits per heavy atom. The molecule has 0 aliphatic heterocycles. The minimum Gasteiger partial charge on any atom is -0.457 e. The van der Waals surface area contributed by atoms with Crippen LogP contribution in [0.2, 0.25) is 0 Å². The molecule has 3 aromatic heterocycles. The predicted molar refractivity (Wildman–Crippen MR) is 183 cm³/mol. The third-order valence-electron chi connectivity index (χ3n) is 9.16. The van der Waals surface area contributed by atoms with E-state index in [2.05, 4.69) is 122 Å². The van der Waals surface area contributed by atoms with Crippen LogP contribution >= 0.6 is 0 Å². The number of para-hydroxylation sites is 2. The second kappa shape index (κ2) is 9.63. The number of rotatable bonds is 4. The van der Waals surface area contributed by atoms with E-state index < -0.39 is 0 Å². The summed E-state index contributed by atoms with van der Waals surface area (Å²) >= 11 is 0. The lowest BCUT2D eigenvalue weighted by molar-refractivity contribution is 0.466. The van der Waals surface area contributed by atoms with Gasteiger partial charge in [0.2, 0.25) is 0 Å². The molecule has 0 saturated carbocycles. The average Bonchev–Trinajstić information content (AvgIpc) is 3.71. The summed E-state index contributed by atoms with van der Waals surface area (Å²) in [5.74, 6) is 1.72. The van der Waals surface area contributed by atoms with Crippen LogP contribution in [-0.2, 0) is 5.41 Å². The first-order valence-corrected chi connectivity index (χ1v) is 15.3. The summed E-state index contributed by atoms with van der Waals surface area (Å²) < 4.78 is 9.23. The molecular weight excluding hydrogens is 550 g/mol. The molecule has 1 aliphatic rings. The molecule has 0 bridgehead atoms. The van der Waals surface area contributed by atoms with Gasteiger partial charge in [-0.25, -0.2) is 9.97 Å². The third kappa shape index (κ3) is 3.85. The molecule has 5 aromatic carbocycles. The number of furan rings is 1. The van der Waals surface area contributed by atoms with E-state index in [-0.39, 0.29) is 5.41 Å². The Morgan fingerprint density at radius 1 is 0.600 bits per heavy atom. The van der Waals surface area contributed by atoms with Crippen LogP contribution in [0.1, 0.15) is 25.2 Å². The molecule has 0 saturated heterocycles. The van der Waals surface area contributed by atoms with E-state index in [9.17, 15) is 0 Å². The van der Waals surface area contributed by atoms with Gasteiger partial charge in [0.1, 0.15) is 11.3 Å². The minimum absolute atomic E-state index is 0.291. The molecule has 0 unspecified atom stereocenters. The fraction of sp³-hybridized carbons (Fsp3) is 0.0732. The smallest absolute Gasteiger partial charge is 0.161 e. The second-order valence-corrected chi connectivity index (χ2v) is 12.3. The van der Waals surface area contributed by atoms with Gasteiger partial charge in [0, 0.05) is 38.7 Å².